The van der Waals surface area contributed by atoms with Gasteiger partial charge in [-0.1, -0.05) is 36.0 Å². The van der Waals surface area contributed by atoms with Crippen molar-refractivity contribution in [2.45, 2.75) is 9.79 Å². The predicted molar refractivity (Wildman–Crippen MR) is 73.0 cm³/mol. The van der Waals surface area contributed by atoms with Crippen LogP contribution in [0.1, 0.15) is 21.5 Å². The summed E-state index contributed by atoms with van der Waals surface area (Å²) >= 11 is 1.61. The molecule has 0 spiro atoms. The maximum Gasteiger partial charge on any atom is 0.150 e. The number of carbonyl (C=O) groups excluding carboxylic acids is 1. The first-order chi connectivity index (χ1) is 8.76. The van der Waals surface area contributed by atoms with Gasteiger partial charge in [0.2, 0.25) is 0 Å². The van der Waals surface area contributed by atoms with Crippen molar-refractivity contribution in [3.63, 3.8) is 0 Å². The lowest BCUT2D eigenvalue weighted by molar-refractivity contribution is 0.112. The molecule has 0 atom stereocenters. The van der Waals surface area contributed by atoms with Gasteiger partial charge in [0, 0.05) is 15.4 Å². The summed E-state index contributed by atoms with van der Waals surface area (Å²) in [6, 6.07) is 10.9. The molecular weight excluding hydrogens is 244 g/mol. The molecule has 0 fully saturated rings. The fourth-order valence-electron chi connectivity index (χ4n) is 1.91. The highest BCUT2D eigenvalue weighted by Gasteiger charge is 2.11. The molecule has 1 N–H and O–H groups in total. The maximum atomic E-state index is 10.8. The zero-order valence-electron chi connectivity index (χ0n) is 9.46. The fraction of sp³-hybridized carbons (Fsp3) is 0. The third kappa shape index (κ3) is 1.93. The van der Waals surface area contributed by atoms with Crippen molar-refractivity contribution in [2.24, 2.45) is 0 Å². The summed E-state index contributed by atoms with van der Waals surface area (Å²) in [6.07, 6.45) is 4.84. The molecule has 0 unspecified atom stereocenters. The molecule has 0 amide bonds. The number of aldehydes is 1. The van der Waals surface area contributed by atoms with Gasteiger partial charge < -0.3 is 5.11 Å². The Kier molecular flexibility index (Phi) is 2.68. The van der Waals surface area contributed by atoms with Crippen molar-refractivity contribution < 1.29 is 9.90 Å². The number of carbonyl (C=O) groups is 1. The number of phenols is 1. The second-order valence-electron chi connectivity index (χ2n) is 4.07. The van der Waals surface area contributed by atoms with Crippen LogP contribution in [-0.2, 0) is 0 Å². The van der Waals surface area contributed by atoms with E-state index in [2.05, 4.69) is 0 Å². The standard InChI is InChI=1S/C15H10O2S/c16-9-10-1-2-11-3-4-12-8-13(17)5-6-14(12)18-15(11)7-10/h1-9,17H. The first-order valence-electron chi connectivity index (χ1n) is 5.54. The van der Waals surface area contributed by atoms with Gasteiger partial charge in [-0.05, 0) is 35.4 Å². The van der Waals surface area contributed by atoms with E-state index in [0.29, 0.717) is 5.56 Å². The molecule has 1 aliphatic heterocycles. The van der Waals surface area contributed by atoms with Crippen molar-refractivity contribution in [3.05, 3.63) is 53.1 Å². The average molecular weight is 254 g/mol. The van der Waals surface area contributed by atoms with E-state index in [1.165, 1.54) is 0 Å². The van der Waals surface area contributed by atoms with E-state index in [9.17, 15) is 9.90 Å². The van der Waals surface area contributed by atoms with Gasteiger partial charge in [-0.3, -0.25) is 4.79 Å². The van der Waals surface area contributed by atoms with Crippen molar-refractivity contribution in [2.75, 3.05) is 0 Å². The number of rotatable bonds is 1. The van der Waals surface area contributed by atoms with Crippen LogP contribution in [0, 0.1) is 0 Å². The van der Waals surface area contributed by atoms with Crippen LogP contribution in [0.3, 0.4) is 0 Å². The molecule has 1 heterocycles. The molecule has 2 nitrogen and oxygen atoms in total. The zero-order chi connectivity index (χ0) is 12.5. The largest absolute Gasteiger partial charge is 0.508 e. The number of hydrogen-bond acceptors (Lipinski definition) is 3. The number of aromatic hydroxyl groups is 1. The van der Waals surface area contributed by atoms with E-state index in [0.717, 1.165) is 27.2 Å². The molecule has 0 aromatic heterocycles. The summed E-state index contributed by atoms with van der Waals surface area (Å²) in [5, 5.41) is 9.49. The minimum absolute atomic E-state index is 0.263. The van der Waals surface area contributed by atoms with Crippen LogP contribution in [0.2, 0.25) is 0 Å². The first-order valence-corrected chi connectivity index (χ1v) is 6.36. The number of phenolic OH excluding ortho intramolecular Hbond substituents is 1. The highest BCUT2D eigenvalue weighted by atomic mass is 32.2. The normalized spacial score (nSPS) is 12.4. The van der Waals surface area contributed by atoms with Crippen LogP contribution in [0.4, 0.5) is 0 Å². The van der Waals surface area contributed by atoms with Gasteiger partial charge in [0.05, 0.1) is 0 Å². The van der Waals surface area contributed by atoms with Crippen molar-refractivity contribution in [3.8, 4) is 5.75 Å². The van der Waals surface area contributed by atoms with Gasteiger partial charge in [0.25, 0.3) is 0 Å². The highest BCUT2D eigenvalue weighted by molar-refractivity contribution is 7.99. The van der Waals surface area contributed by atoms with E-state index in [-0.39, 0.29) is 5.75 Å². The summed E-state index contributed by atoms with van der Waals surface area (Å²) in [5.41, 5.74) is 2.75. The summed E-state index contributed by atoms with van der Waals surface area (Å²) < 4.78 is 0. The molecule has 0 saturated carbocycles. The highest BCUT2D eigenvalue weighted by Crippen LogP contribution is 2.38. The Morgan fingerprint density at radius 2 is 1.78 bits per heavy atom. The second-order valence-corrected chi connectivity index (χ2v) is 5.16. The topological polar surface area (TPSA) is 37.3 Å². The van der Waals surface area contributed by atoms with Gasteiger partial charge in [0.1, 0.15) is 12.0 Å². The van der Waals surface area contributed by atoms with Crippen LogP contribution in [0.25, 0.3) is 12.2 Å². The number of hydrogen-bond donors (Lipinski definition) is 1. The SMILES string of the molecule is O=Cc1ccc2c(c1)Sc1ccc(O)cc1C=C2. The summed E-state index contributed by atoms with van der Waals surface area (Å²) in [7, 11) is 0. The van der Waals surface area contributed by atoms with E-state index in [1.807, 2.05) is 36.4 Å². The fourth-order valence-corrected chi connectivity index (χ4v) is 2.97. The Hall–Kier alpha value is -2.00. The molecular formula is C15H10O2S. The Balaban J connectivity index is 2.14. The smallest absolute Gasteiger partial charge is 0.150 e. The van der Waals surface area contributed by atoms with E-state index >= 15 is 0 Å². The third-order valence-corrected chi connectivity index (χ3v) is 3.99. The van der Waals surface area contributed by atoms with Crippen molar-refractivity contribution >= 4 is 30.2 Å². The number of fused-ring (bicyclic) bond motifs is 2. The molecule has 3 rings (SSSR count). The van der Waals surface area contributed by atoms with E-state index < -0.39 is 0 Å². The van der Waals surface area contributed by atoms with Gasteiger partial charge in [0.15, 0.2) is 0 Å². The monoisotopic (exact) mass is 254 g/mol. The van der Waals surface area contributed by atoms with E-state index in [4.69, 9.17) is 0 Å². The Morgan fingerprint density at radius 3 is 2.61 bits per heavy atom. The maximum absolute atomic E-state index is 10.8. The van der Waals surface area contributed by atoms with Crippen LogP contribution < -0.4 is 0 Å². The molecule has 3 heteroatoms. The van der Waals surface area contributed by atoms with Crippen LogP contribution in [0.15, 0.2) is 46.2 Å². The molecule has 0 saturated heterocycles. The number of benzene rings is 2. The lowest BCUT2D eigenvalue weighted by Crippen LogP contribution is -1.84. The van der Waals surface area contributed by atoms with Gasteiger partial charge in [-0.15, -0.1) is 0 Å². The van der Waals surface area contributed by atoms with E-state index in [1.54, 1.807) is 23.9 Å². The predicted octanol–water partition coefficient (Wildman–Crippen LogP) is 3.84. The quantitative estimate of drug-likeness (QED) is 0.670. The molecule has 1 aliphatic rings. The summed E-state index contributed by atoms with van der Waals surface area (Å²) in [4.78, 5) is 12.9. The summed E-state index contributed by atoms with van der Waals surface area (Å²) in [6.45, 7) is 0. The van der Waals surface area contributed by atoms with Crippen LogP contribution in [0.5, 0.6) is 5.75 Å². The van der Waals surface area contributed by atoms with Crippen LogP contribution >= 0.6 is 11.8 Å². The van der Waals surface area contributed by atoms with Gasteiger partial charge in [-0.25, -0.2) is 0 Å². The summed E-state index contributed by atoms with van der Waals surface area (Å²) in [5.74, 6) is 0.263. The second kappa shape index (κ2) is 4.35. The molecule has 2 aromatic rings. The molecule has 2 aromatic carbocycles. The molecule has 0 aliphatic carbocycles. The van der Waals surface area contributed by atoms with Crippen molar-refractivity contribution in [1.82, 2.24) is 0 Å². The lowest BCUT2D eigenvalue weighted by atomic mass is 10.1. The molecule has 0 bridgehead atoms. The Bertz CT molecular complexity index is 660. The minimum Gasteiger partial charge on any atom is -0.508 e. The van der Waals surface area contributed by atoms with Crippen LogP contribution in [-0.4, -0.2) is 11.4 Å². The molecule has 18 heavy (non-hydrogen) atoms. The minimum atomic E-state index is 0.263. The zero-order valence-corrected chi connectivity index (χ0v) is 10.3. The van der Waals surface area contributed by atoms with Gasteiger partial charge >= 0.3 is 0 Å². The first kappa shape index (κ1) is 11.1. The molecule has 88 valence electrons. The third-order valence-electron chi connectivity index (χ3n) is 2.83. The molecule has 0 radical (unpaired) electrons. The average Bonchev–Trinajstić information content (AvgIpc) is 2.56. The van der Waals surface area contributed by atoms with Crippen molar-refractivity contribution in [1.29, 1.82) is 0 Å². The Morgan fingerprint density at radius 1 is 0.944 bits per heavy atom. The lowest BCUT2D eigenvalue weighted by Gasteiger charge is -2.06. The van der Waals surface area contributed by atoms with Gasteiger partial charge in [-0.2, -0.15) is 0 Å². The Labute approximate surface area is 109 Å².